The predicted octanol–water partition coefficient (Wildman–Crippen LogP) is 4.44. The summed E-state index contributed by atoms with van der Waals surface area (Å²) in [5.74, 6) is -0.0162. The molecule has 2 aromatic carbocycles. The lowest BCUT2D eigenvalue weighted by atomic mass is 10.1. The van der Waals surface area contributed by atoms with Crippen molar-refractivity contribution in [3.05, 3.63) is 70.1 Å². The van der Waals surface area contributed by atoms with Gasteiger partial charge in [0.2, 0.25) is 0 Å². The summed E-state index contributed by atoms with van der Waals surface area (Å²) >= 11 is 6.50. The Balaban J connectivity index is 1.71. The molecule has 6 heteroatoms. The van der Waals surface area contributed by atoms with Gasteiger partial charge in [-0.25, -0.2) is 4.79 Å². The van der Waals surface area contributed by atoms with Crippen molar-refractivity contribution in [3.8, 4) is 5.75 Å². The molecule has 3 rings (SSSR count). The molecular formula is C20H17NO3S2. The Bertz CT molecular complexity index is 904. The zero-order valence-corrected chi connectivity index (χ0v) is 16.0. The molecule has 1 fully saturated rings. The number of thiocarbonyl (C=S) groups is 1. The molecule has 1 aliphatic rings. The van der Waals surface area contributed by atoms with Crippen LogP contribution in [0.4, 0.5) is 0 Å². The van der Waals surface area contributed by atoms with E-state index in [0.29, 0.717) is 27.1 Å². The summed E-state index contributed by atoms with van der Waals surface area (Å²) in [7, 11) is 0. The highest BCUT2D eigenvalue weighted by Crippen LogP contribution is 2.32. The Labute approximate surface area is 161 Å². The maximum absolute atomic E-state index is 12.2. The van der Waals surface area contributed by atoms with Gasteiger partial charge in [-0.2, -0.15) is 0 Å². The molecule has 1 aliphatic heterocycles. The van der Waals surface area contributed by atoms with Crippen LogP contribution in [0.5, 0.6) is 5.75 Å². The van der Waals surface area contributed by atoms with E-state index in [-0.39, 0.29) is 5.91 Å². The molecule has 0 unspecified atom stereocenters. The van der Waals surface area contributed by atoms with E-state index in [4.69, 9.17) is 17.0 Å². The van der Waals surface area contributed by atoms with Crippen LogP contribution < -0.4 is 4.74 Å². The quantitative estimate of drug-likeness (QED) is 0.338. The standard InChI is InChI=1S/C20H17NO3S2/c1-3-21-18(22)17(26-20(21)25)12-14-7-9-16(10-8-14)24-19(23)15-6-4-5-13(2)11-15/h4-12H,3H2,1-2H3. The monoisotopic (exact) mass is 383 g/mol. The van der Waals surface area contributed by atoms with Gasteiger partial charge in [0, 0.05) is 6.54 Å². The number of hydrogen-bond acceptors (Lipinski definition) is 5. The molecule has 1 heterocycles. The lowest BCUT2D eigenvalue weighted by Crippen LogP contribution is -2.27. The van der Waals surface area contributed by atoms with Gasteiger partial charge in [0.05, 0.1) is 10.5 Å². The number of benzene rings is 2. The number of ether oxygens (including phenoxy) is 1. The van der Waals surface area contributed by atoms with Gasteiger partial charge in [0.1, 0.15) is 10.1 Å². The van der Waals surface area contributed by atoms with E-state index in [1.165, 1.54) is 11.8 Å². The highest BCUT2D eigenvalue weighted by atomic mass is 32.2. The van der Waals surface area contributed by atoms with Crippen molar-refractivity contribution in [1.82, 2.24) is 4.90 Å². The van der Waals surface area contributed by atoms with Crippen molar-refractivity contribution in [2.45, 2.75) is 13.8 Å². The minimum Gasteiger partial charge on any atom is -0.423 e. The fourth-order valence-electron chi connectivity index (χ4n) is 2.49. The van der Waals surface area contributed by atoms with Gasteiger partial charge in [0.25, 0.3) is 5.91 Å². The number of amides is 1. The minimum atomic E-state index is -0.398. The van der Waals surface area contributed by atoms with Crippen LogP contribution in [0.15, 0.2) is 53.4 Å². The average molecular weight is 383 g/mol. The van der Waals surface area contributed by atoms with E-state index in [9.17, 15) is 9.59 Å². The fraction of sp³-hybridized carbons (Fsp3) is 0.150. The van der Waals surface area contributed by atoms with Gasteiger partial charge in [-0.15, -0.1) is 0 Å². The number of esters is 1. The third-order valence-corrected chi connectivity index (χ3v) is 5.21. The Morgan fingerprint density at radius 1 is 1.23 bits per heavy atom. The first-order valence-corrected chi connectivity index (χ1v) is 9.34. The number of carbonyl (C=O) groups is 2. The first-order valence-electron chi connectivity index (χ1n) is 8.12. The molecule has 0 spiro atoms. The largest absolute Gasteiger partial charge is 0.423 e. The van der Waals surface area contributed by atoms with E-state index in [0.717, 1.165) is 11.1 Å². The third-order valence-electron chi connectivity index (χ3n) is 3.83. The molecule has 0 atom stereocenters. The maximum atomic E-state index is 12.2. The zero-order valence-electron chi connectivity index (χ0n) is 14.4. The number of thioether (sulfide) groups is 1. The van der Waals surface area contributed by atoms with Crippen LogP contribution in [-0.2, 0) is 4.79 Å². The Hall–Kier alpha value is -2.44. The second kappa shape index (κ2) is 7.85. The smallest absolute Gasteiger partial charge is 0.343 e. The Morgan fingerprint density at radius 3 is 2.58 bits per heavy atom. The van der Waals surface area contributed by atoms with Crippen LogP contribution in [0, 0.1) is 6.92 Å². The van der Waals surface area contributed by atoms with E-state index < -0.39 is 5.97 Å². The van der Waals surface area contributed by atoms with Gasteiger partial charge in [-0.3, -0.25) is 9.69 Å². The summed E-state index contributed by atoms with van der Waals surface area (Å²) in [6.45, 7) is 4.38. The van der Waals surface area contributed by atoms with Crippen molar-refractivity contribution in [3.63, 3.8) is 0 Å². The van der Waals surface area contributed by atoms with E-state index in [1.807, 2.05) is 26.0 Å². The minimum absolute atomic E-state index is 0.0718. The van der Waals surface area contributed by atoms with E-state index in [1.54, 1.807) is 47.4 Å². The normalized spacial score (nSPS) is 15.6. The molecule has 2 aromatic rings. The highest BCUT2D eigenvalue weighted by molar-refractivity contribution is 8.26. The van der Waals surface area contributed by atoms with Crippen molar-refractivity contribution >= 4 is 46.3 Å². The first-order chi connectivity index (χ1) is 12.5. The molecule has 0 bridgehead atoms. The summed E-state index contributed by atoms with van der Waals surface area (Å²) in [5, 5.41) is 0. The van der Waals surface area contributed by atoms with Gasteiger partial charge in [0.15, 0.2) is 0 Å². The molecule has 0 saturated carbocycles. The summed E-state index contributed by atoms with van der Waals surface area (Å²) in [5.41, 5.74) is 2.36. The molecular weight excluding hydrogens is 366 g/mol. The van der Waals surface area contributed by atoms with Gasteiger partial charge < -0.3 is 4.74 Å². The highest BCUT2D eigenvalue weighted by Gasteiger charge is 2.30. The number of rotatable bonds is 4. The van der Waals surface area contributed by atoms with Gasteiger partial charge in [-0.05, 0) is 49.8 Å². The van der Waals surface area contributed by atoms with Crippen molar-refractivity contribution in [1.29, 1.82) is 0 Å². The maximum Gasteiger partial charge on any atom is 0.343 e. The zero-order chi connectivity index (χ0) is 18.7. The van der Waals surface area contributed by atoms with Gasteiger partial charge >= 0.3 is 5.97 Å². The summed E-state index contributed by atoms with van der Waals surface area (Å²) in [6.07, 6.45) is 1.79. The Morgan fingerprint density at radius 2 is 1.96 bits per heavy atom. The number of nitrogens with zero attached hydrogens (tertiary/aromatic N) is 1. The van der Waals surface area contributed by atoms with Gasteiger partial charge in [-0.1, -0.05) is 53.8 Å². The summed E-state index contributed by atoms with van der Waals surface area (Å²) < 4.78 is 5.97. The molecule has 132 valence electrons. The summed E-state index contributed by atoms with van der Waals surface area (Å²) in [4.78, 5) is 26.6. The predicted molar refractivity (Wildman–Crippen MR) is 108 cm³/mol. The lowest BCUT2D eigenvalue weighted by molar-refractivity contribution is -0.121. The van der Waals surface area contributed by atoms with Crippen molar-refractivity contribution < 1.29 is 14.3 Å². The topological polar surface area (TPSA) is 46.6 Å². The second-order valence-electron chi connectivity index (χ2n) is 5.75. The number of carbonyl (C=O) groups excluding carboxylic acids is 2. The van der Waals surface area contributed by atoms with E-state index in [2.05, 4.69) is 0 Å². The van der Waals surface area contributed by atoms with Crippen LogP contribution >= 0.6 is 24.0 Å². The molecule has 0 aliphatic carbocycles. The van der Waals surface area contributed by atoms with Crippen LogP contribution in [0.25, 0.3) is 6.08 Å². The molecule has 4 nitrogen and oxygen atoms in total. The van der Waals surface area contributed by atoms with E-state index >= 15 is 0 Å². The molecule has 0 N–H and O–H groups in total. The number of hydrogen-bond donors (Lipinski definition) is 0. The molecule has 0 radical (unpaired) electrons. The second-order valence-corrected chi connectivity index (χ2v) is 7.43. The fourth-order valence-corrected chi connectivity index (χ4v) is 3.88. The van der Waals surface area contributed by atoms with Crippen molar-refractivity contribution in [2.75, 3.05) is 6.54 Å². The molecule has 1 saturated heterocycles. The number of aryl methyl sites for hydroxylation is 1. The molecule has 26 heavy (non-hydrogen) atoms. The SMILES string of the molecule is CCN1C(=O)C(=Cc2ccc(OC(=O)c3cccc(C)c3)cc2)SC1=S. The summed E-state index contributed by atoms with van der Waals surface area (Å²) in [6, 6.07) is 14.3. The third kappa shape index (κ3) is 4.03. The van der Waals surface area contributed by atoms with Crippen molar-refractivity contribution in [2.24, 2.45) is 0 Å². The van der Waals surface area contributed by atoms with Crippen LogP contribution in [0.3, 0.4) is 0 Å². The lowest BCUT2D eigenvalue weighted by Gasteiger charge is -2.09. The van der Waals surface area contributed by atoms with Crippen LogP contribution in [0.2, 0.25) is 0 Å². The Kier molecular flexibility index (Phi) is 5.54. The number of likely N-dealkylation sites (N-methyl/N-ethyl adjacent to an activating group) is 1. The molecule has 0 aromatic heterocycles. The average Bonchev–Trinajstić information content (AvgIpc) is 2.89. The molecule has 1 amide bonds. The van der Waals surface area contributed by atoms with Crippen LogP contribution in [0.1, 0.15) is 28.4 Å². The first kappa shape index (κ1) is 18.4. The van der Waals surface area contributed by atoms with Crippen LogP contribution in [-0.4, -0.2) is 27.6 Å².